The minimum atomic E-state index is -0.0958. The topological polar surface area (TPSA) is 52.0 Å². The number of nitrogens with two attached hydrogens (primary N) is 2. The van der Waals surface area contributed by atoms with Gasteiger partial charge in [0, 0.05) is 0 Å². The number of hydrogen-bond acceptors (Lipinski definition) is 2. The number of rotatable bonds is 4. The van der Waals surface area contributed by atoms with E-state index in [-0.39, 0.29) is 65.3 Å². The van der Waals surface area contributed by atoms with Crippen LogP contribution in [0.4, 0.5) is 0 Å². The Morgan fingerprint density at radius 1 is 1.10 bits per heavy atom. The zero-order valence-electron chi connectivity index (χ0n) is 5.56. The standard InChI is InChI=1S/C6H16N2.2Na.2H/c1-2-3-4-5-6(7)8;;;;/h6H,2-5,7-8H2,1H3;;;;. The molecule has 0 fully saturated rings. The van der Waals surface area contributed by atoms with Crippen LogP contribution in [0.5, 0.6) is 0 Å². The Balaban J connectivity index is -0.000000245. The Morgan fingerprint density at radius 2 is 1.60 bits per heavy atom. The molecule has 0 aromatic carbocycles. The van der Waals surface area contributed by atoms with Crippen LogP contribution in [0.1, 0.15) is 32.6 Å². The first-order valence-corrected chi connectivity index (χ1v) is 3.28. The van der Waals surface area contributed by atoms with E-state index in [1.807, 2.05) is 0 Å². The SMILES string of the molecule is CCCCCC(N)N.[NaH].[NaH]. The summed E-state index contributed by atoms with van der Waals surface area (Å²) in [6.45, 7) is 2.17. The molecule has 0 aromatic heterocycles. The molecule has 0 saturated carbocycles. The van der Waals surface area contributed by atoms with Crippen LogP contribution in [-0.4, -0.2) is 65.3 Å². The molecule has 0 aromatic rings. The van der Waals surface area contributed by atoms with Crippen molar-refractivity contribution in [2.24, 2.45) is 11.5 Å². The van der Waals surface area contributed by atoms with Crippen LogP contribution in [0, 0.1) is 0 Å². The molecule has 0 unspecified atom stereocenters. The van der Waals surface area contributed by atoms with Crippen LogP contribution in [0.3, 0.4) is 0 Å². The third-order valence-corrected chi connectivity index (χ3v) is 1.14. The summed E-state index contributed by atoms with van der Waals surface area (Å²) in [5.41, 5.74) is 10.6. The molecule has 0 rings (SSSR count). The summed E-state index contributed by atoms with van der Waals surface area (Å²) in [5, 5.41) is 0. The van der Waals surface area contributed by atoms with E-state index in [9.17, 15) is 0 Å². The zero-order chi connectivity index (χ0) is 6.41. The fraction of sp³-hybridized carbons (Fsp3) is 1.00. The Hall–Kier alpha value is 1.92. The van der Waals surface area contributed by atoms with Crippen molar-refractivity contribution in [3.05, 3.63) is 0 Å². The first-order valence-electron chi connectivity index (χ1n) is 3.28. The average Bonchev–Trinajstić information content (AvgIpc) is 1.66. The monoisotopic (exact) mass is 164 g/mol. The van der Waals surface area contributed by atoms with Gasteiger partial charge in [-0.1, -0.05) is 26.2 Å². The second-order valence-electron chi connectivity index (χ2n) is 2.16. The molecule has 0 radical (unpaired) electrons. The number of unbranched alkanes of at least 4 members (excludes halogenated alkanes) is 2. The van der Waals surface area contributed by atoms with Crippen LogP contribution in [-0.2, 0) is 0 Å². The summed E-state index contributed by atoms with van der Waals surface area (Å²) in [4.78, 5) is 0. The van der Waals surface area contributed by atoms with Crippen molar-refractivity contribution >= 4 is 59.1 Å². The molecule has 0 atom stereocenters. The van der Waals surface area contributed by atoms with Crippen LogP contribution in [0.2, 0.25) is 0 Å². The molecule has 0 saturated heterocycles. The average molecular weight is 164 g/mol. The van der Waals surface area contributed by atoms with E-state index in [2.05, 4.69) is 6.92 Å². The van der Waals surface area contributed by atoms with Gasteiger partial charge in [0.25, 0.3) is 0 Å². The molecule has 0 aliphatic rings. The van der Waals surface area contributed by atoms with Crippen molar-refractivity contribution in [2.45, 2.75) is 38.8 Å². The van der Waals surface area contributed by atoms with E-state index >= 15 is 0 Å². The van der Waals surface area contributed by atoms with E-state index in [4.69, 9.17) is 11.5 Å². The van der Waals surface area contributed by atoms with Crippen molar-refractivity contribution in [3.8, 4) is 0 Å². The van der Waals surface area contributed by atoms with Gasteiger partial charge in [-0.3, -0.25) is 0 Å². The molecule has 10 heavy (non-hydrogen) atoms. The van der Waals surface area contributed by atoms with Gasteiger partial charge in [-0.25, -0.2) is 0 Å². The summed E-state index contributed by atoms with van der Waals surface area (Å²) in [6, 6.07) is 0. The molecule has 54 valence electrons. The molecule has 0 aliphatic heterocycles. The fourth-order valence-electron chi connectivity index (χ4n) is 0.630. The van der Waals surface area contributed by atoms with Gasteiger partial charge in [0.2, 0.25) is 0 Å². The molecule has 0 aliphatic carbocycles. The van der Waals surface area contributed by atoms with Crippen molar-refractivity contribution in [1.82, 2.24) is 0 Å². The van der Waals surface area contributed by atoms with Gasteiger partial charge >= 0.3 is 59.1 Å². The van der Waals surface area contributed by atoms with Crippen LogP contribution < -0.4 is 11.5 Å². The molecule has 0 spiro atoms. The van der Waals surface area contributed by atoms with E-state index in [0.29, 0.717) is 0 Å². The summed E-state index contributed by atoms with van der Waals surface area (Å²) in [5.74, 6) is 0. The third kappa shape index (κ3) is 16.5. The predicted molar refractivity (Wildman–Crippen MR) is 50.6 cm³/mol. The second kappa shape index (κ2) is 13.5. The Labute approximate surface area is 108 Å². The van der Waals surface area contributed by atoms with Crippen LogP contribution in [0.15, 0.2) is 0 Å². The predicted octanol–water partition coefficient (Wildman–Crippen LogP) is -0.487. The van der Waals surface area contributed by atoms with Gasteiger partial charge in [0.05, 0.1) is 6.17 Å². The summed E-state index contributed by atoms with van der Waals surface area (Å²) >= 11 is 0. The van der Waals surface area contributed by atoms with Gasteiger partial charge in [-0.05, 0) is 6.42 Å². The summed E-state index contributed by atoms with van der Waals surface area (Å²) in [6.07, 6.45) is 4.54. The fourth-order valence-corrected chi connectivity index (χ4v) is 0.630. The Bertz CT molecular complexity index is 51.0. The summed E-state index contributed by atoms with van der Waals surface area (Å²) < 4.78 is 0. The number of hydrogen-bond donors (Lipinski definition) is 2. The first kappa shape index (κ1) is 17.9. The van der Waals surface area contributed by atoms with E-state index < -0.39 is 0 Å². The Morgan fingerprint density at radius 3 is 1.90 bits per heavy atom. The van der Waals surface area contributed by atoms with Crippen LogP contribution >= 0.6 is 0 Å². The molecular weight excluding hydrogens is 146 g/mol. The zero-order valence-corrected chi connectivity index (χ0v) is 5.56. The molecule has 4 N–H and O–H groups in total. The molecule has 4 heteroatoms. The normalized spacial score (nSPS) is 8.40. The summed E-state index contributed by atoms with van der Waals surface area (Å²) in [7, 11) is 0. The second-order valence-corrected chi connectivity index (χ2v) is 2.16. The maximum atomic E-state index is 5.31. The molecule has 0 amide bonds. The molecule has 0 heterocycles. The molecule has 2 nitrogen and oxygen atoms in total. The third-order valence-electron chi connectivity index (χ3n) is 1.14. The van der Waals surface area contributed by atoms with Gasteiger partial charge in [0.15, 0.2) is 0 Å². The van der Waals surface area contributed by atoms with E-state index in [0.717, 1.165) is 6.42 Å². The van der Waals surface area contributed by atoms with E-state index in [1.165, 1.54) is 19.3 Å². The van der Waals surface area contributed by atoms with E-state index in [1.54, 1.807) is 0 Å². The van der Waals surface area contributed by atoms with Gasteiger partial charge in [-0.15, -0.1) is 0 Å². The van der Waals surface area contributed by atoms with Crippen molar-refractivity contribution in [1.29, 1.82) is 0 Å². The Kier molecular flexibility index (Phi) is 24.1. The van der Waals surface area contributed by atoms with Crippen LogP contribution in [0.25, 0.3) is 0 Å². The molecular formula is C6H18N2Na2. The van der Waals surface area contributed by atoms with Crippen molar-refractivity contribution < 1.29 is 0 Å². The minimum absolute atomic E-state index is 0. The van der Waals surface area contributed by atoms with Crippen molar-refractivity contribution in [2.75, 3.05) is 0 Å². The van der Waals surface area contributed by atoms with Gasteiger partial charge in [0.1, 0.15) is 0 Å². The van der Waals surface area contributed by atoms with Crippen molar-refractivity contribution in [3.63, 3.8) is 0 Å². The first-order chi connectivity index (χ1) is 3.77. The van der Waals surface area contributed by atoms with Gasteiger partial charge in [-0.2, -0.15) is 0 Å². The quantitative estimate of drug-likeness (QED) is 0.335. The van der Waals surface area contributed by atoms with Gasteiger partial charge < -0.3 is 11.5 Å². The molecule has 0 bridgehead atoms. The maximum absolute atomic E-state index is 5.31.